The highest BCUT2D eigenvalue weighted by atomic mass is 35.5. The van der Waals surface area contributed by atoms with Crippen LogP contribution in [0.15, 0.2) is 0 Å². The number of unbranched alkanes of at least 4 members (excludes halogenated alkanes) is 1. The predicted octanol–water partition coefficient (Wildman–Crippen LogP) is 2.79. The summed E-state index contributed by atoms with van der Waals surface area (Å²) < 4.78 is 0. The molecule has 0 aromatic carbocycles. The van der Waals surface area contributed by atoms with Gasteiger partial charge in [0, 0.05) is 24.6 Å². The highest BCUT2D eigenvalue weighted by molar-refractivity contribution is 7.99. The molecule has 1 amide bonds. The molecule has 0 aliphatic carbocycles. The molecule has 0 bridgehead atoms. The summed E-state index contributed by atoms with van der Waals surface area (Å²) >= 11 is 1.95. The van der Waals surface area contributed by atoms with Crippen LogP contribution in [0.2, 0.25) is 0 Å². The number of amides is 1. The summed E-state index contributed by atoms with van der Waals surface area (Å²) in [6, 6.07) is 0.0182. The number of rotatable bonds is 7. The Morgan fingerprint density at radius 2 is 1.95 bits per heavy atom. The van der Waals surface area contributed by atoms with Gasteiger partial charge in [-0.15, -0.1) is 12.4 Å². The number of halogens is 1. The lowest BCUT2D eigenvalue weighted by Crippen LogP contribution is -2.52. The van der Waals surface area contributed by atoms with Gasteiger partial charge in [0.15, 0.2) is 0 Å². The van der Waals surface area contributed by atoms with Crippen molar-refractivity contribution < 1.29 is 4.79 Å². The molecule has 0 radical (unpaired) electrons. The molecule has 0 unspecified atom stereocenters. The third-order valence-corrected chi connectivity index (χ3v) is 4.64. The zero-order valence-electron chi connectivity index (χ0n) is 12.5. The van der Waals surface area contributed by atoms with Crippen molar-refractivity contribution in [3.63, 3.8) is 0 Å². The van der Waals surface area contributed by atoms with Crippen LogP contribution in [-0.4, -0.2) is 48.0 Å². The summed E-state index contributed by atoms with van der Waals surface area (Å²) in [4.78, 5) is 14.6. The van der Waals surface area contributed by atoms with Crippen molar-refractivity contribution in [1.29, 1.82) is 0 Å². The van der Waals surface area contributed by atoms with Crippen LogP contribution in [0.4, 0.5) is 0 Å². The van der Waals surface area contributed by atoms with E-state index in [-0.39, 0.29) is 18.4 Å². The molecule has 2 atom stereocenters. The molecule has 1 N–H and O–H groups in total. The Balaban J connectivity index is 0.00000324. The number of thioether (sulfide) groups is 1. The molecule has 0 aromatic heterocycles. The van der Waals surface area contributed by atoms with Crippen molar-refractivity contribution in [2.75, 3.05) is 31.1 Å². The Hall–Kier alpha value is 0.0700. The molecule has 1 aliphatic rings. The summed E-state index contributed by atoms with van der Waals surface area (Å²) in [6.45, 7) is 9.33. The second-order valence-electron chi connectivity index (χ2n) is 5.11. The first-order valence-corrected chi connectivity index (χ1v) is 8.46. The SMILES string of the molecule is CCCCN[C@H](C(=O)N1CCSCC1)[C@H](C)CC.Cl. The predicted molar refractivity (Wildman–Crippen MR) is 87.3 cm³/mol. The van der Waals surface area contributed by atoms with Crippen molar-refractivity contribution in [2.45, 2.75) is 46.1 Å². The largest absolute Gasteiger partial charge is 0.340 e. The summed E-state index contributed by atoms with van der Waals surface area (Å²) in [7, 11) is 0. The van der Waals surface area contributed by atoms with E-state index >= 15 is 0 Å². The van der Waals surface area contributed by atoms with Crippen LogP contribution < -0.4 is 5.32 Å². The van der Waals surface area contributed by atoms with Gasteiger partial charge in [0.05, 0.1) is 6.04 Å². The molecule has 1 fully saturated rings. The van der Waals surface area contributed by atoms with E-state index in [0.717, 1.165) is 44.0 Å². The summed E-state index contributed by atoms with van der Waals surface area (Å²) in [5.41, 5.74) is 0. The maximum absolute atomic E-state index is 12.5. The van der Waals surface area contributed by atoms with Crippen LogP contribution in [0.1, 0.15) is 40.0 Å². The number of hydrogen-bond donors (Lipinski definition) is 1. The van der Waals surface area contributed by atoms with Crippen LogP contribution in [0.5, 0.6) is 0 Å². The molecular weight excluding hydrogens is 280 g/mol. The van der Waals surface area contributed by atoms with Crippen LogP contribution in [0, 0.1) is 5.92 Å². The fourth-order valence-electron chi connectivity index (χ4n) is 2.18. The lowest BCUT2D eigenvalue weighted by molar-refractivity contribution is -0.134. The van der Waals surface area contributed by atoms with Gasteiger partial charge < -0.3 is 10.2 Å². The highest BCUT2D eigenvalue weighted by Gasteiger charge is 2.28. The molecule has 0 saturated carbocycles. The summed E-state index contributed by atoms with van der Waals surface area (Å²) in [5, 5.41) is 3.47. The molecule has 19 heavy (non-hydrogen) atoms. The van der Waals surface area contributed by atoms with Crippen molar-refractivity contribution in [2.24, 2.45) is 5.92 Å². The zero-order chi connectivity index (χ0) is 13.4. The van der Waals surface area contributed by atoms with E-state index in [1.807, 2.05) is 16.7 Å². The summed E-state index contributed by atoms with van der Waals surface area (Å²) in [5.74, 6) is 2.92. The maximum Gasteiger partial charge on any atom is 0.240 e. The molecule has 5 heteroatoms. The fraction of sp³-hybridized carbons (Fsp3) is 0.929. The molecule has 1 heterocycles. The molecule has 1 aliphatic heterocycles. The van der Waals surface area contributed by atoms with E-state index in [9.17, 15) is 4.79 Å². The van der Waals surface area contributed by atoms with Gasteiger partial charge in [-0.2, -0.15) is 11.8 Å². The van der Waals surface area contributed by atoms with Crippen molar-refractivity contribution in [1.82, 2.24) is 10.2 Å². The molecule has 0 spiro atoms. The number of nitrogens with one attached hydrogen (secondary N) is 1. The first-order valence-electron chi connectivity index (χ1n) is 7.30. The monoisotopic (exact) mass is 308 g/mol. The second-order valence-corrected chi connectivity index (χ2v) is 6.33. The molecule has 1 saturated heterocycles. The topological polar surface area (TPSA) is 32.3 Å². The van der Waals surface area contributed by atoms with E-state index in [1.165, 1.54) is 6.42 Å². The van der Waals surface area contributed by atoms with Crippen LogP contribution in [-0.2, 0) is 4.79 Å². The Morgan fingerprint density at radius 3 is 2.47 bits per heavy atom. The minimum absolute atomic E-state index is 0. The average Bonchev–Trinajstić information content (AvgIpc) is 2.43. The van der Waals surface area contributed by atoms with Crippen molar-refractivity contribution in [3.05, 3.63) is 0 Å². The first-order chi connectivity index (χ1) is 8.70. The molecule has 3 nitrogen and oxygen atoms in total. The third kappa shape index (κ3) is 6.37. The molecular formula is C14H29ClN2OS. The molecule has 1 rings (SSSR count). The van der Waals surface area contributed by atoms with Gasteiger partial charge in [0.25, 0.3) is 0 Å². The van der Waals surface area contributed by atoms with Gasteiger partial charge in [-0.25, -0.2) is 0 Å². The maximum atomic E-state index is 12.5. The van der Waals surface area contributed by atoms with Crippen LogP contribution >= 0.6 is 24.2 Å². The standard InChI is InChI=1S/C14H28N2OS.ClH/c1-4-6-7-15-13(12(3)5-2)14(17)16-8-10-18-11-9-16;/h12-13,15H,4-11H2,1-3H3;1H/t12-,13+;/m1./s1. The average molecular weight is 309 g/mol. The molecule has 0 aromatic rings. The minimum atomic E-state index is 0. The van der Waals surface area contributed by atoms with E-state index < -0.39 is 0 Å². The van der Waals surface area contributed by atoms with Crippen LogP contribution in [0.3, 0.4) is 0 Å². The van der Waals surface area contributed by atoms with Gasteiger partial charge in [-0.05, 0) is 18.9 Å². The Kier molecular flexibility index (Phi) is 10.8. The first kappa shape index (κ1) is 19.1. The van der Waals surface area contributed by atoms with Crippen molar-refractivity contribution in [3.8, 4) is 0 Å². The number of carbonyl (C=O) groups is 1. The third-order valence-electron chi connectivity index (χ3n) is 3.70. The fourth-order valence-corrected chi connectivity index (χ4v) is 3.09. The Bertz CT molecular complexity index is 248. The normalized spacial score (nSPS) is 18.6. The van der Waals surface area contributed by atoms with Gasteiger partial charge >= 0.3 is 0 Å². The van der Waals surface area contributed by atoms with E-state index in [2.05, 4.69) is 26.1 Å². The quantitative estimate of drug-likeness (QED) is 0.734. The lowest BCUT2D eigenvalue weighted by atomic mass is 9.97. The van der Waals surface area contributed by atoms with Crippen molar-refractivity contribution >= 4 is 30.1 Å². The van der Waals surface area contributed by atoms with E-state index in [1.54, 1.807) is 0 Å². The van der Waals surface area contributed by atoms with Crippen LogP contribution in [0.25, 0.3) is 0 Å². The Morgan fingerprint density at radius 1 is 1.32 bits per heavy atom. The minimum Gasteiger partial charge on any atom is -0.340 e. The van der Waals surface area contributed by atoms with Gasteiger partial charge in [-0.3, -0.25) is 4.79 Å². The zero-order valence-corrected chi connectivity index (χ0v) is 14.1. The van der Waals surface area contributed by atoms with Gasteiger partial charge in [0.2, 0.25) is 5.91 Å². The second kappa shape index (κ2) is 10.8. The Labute approximate surface area is 128 Å². The lowest BCUT2D eigenvalue weighted by Gasteiger charge is -2.33. The highest BCUT2D eigenvalue weighted by Crippen LogP contribution is 2.15. The number of nitrogens with zero attached hydrogens (tertiary/aromatic N) is 1. The molecule has 114 valence electrons. The smallest absolute Gasteiger partial charge is 0.240 e. The number of hydrogen-bond acceptors (Lipinski definition) is 3. The van der Waals surface area contributed by atoms with E-state index in [0.29, 0.717) is 11.8 Å². The van der Waals surface area contributed by atoms with Gasteiger partial charge in [-0.1, -0.05) is 33.6 Å². The number of carbonyl (C=O) groups excluding carboxylic acids is 1. The van der Waals surface area contributed by atoms with E-state index in [4.69, 9.17) is 0 Å². The van der Waals surface area contributed by atoms with Gasteiger partial charge in [0.1, 0.15) is 0 Å². The summed E-state index contributed by atoms with van der Waals surface area (Å²) in [6.07, 6.45) is 3.38.